The van der Waals surface area contributed by atoms with Crippen LogP contribution in [0.4, 0.5) is 23.2 Å². The molecule has 1 aliphatic heterocycles. The first-order valence-corrected chi connectivity index (χ1v) is 13.9. The number of alkyl halides is 3. The fourth-order valence-corrected chi connectivity index (χ4v) is 6.72. The van der Waals surface area contributed by atoms with Crippen LogP contribution in [0.25, 0.3) is 0 Å². The molecule has 0 bridgehead atoms. The number of fused-ring (bicyclic) bond motifs is 1. The van der Waals surface area contributed by atoms with E-state index >= 15 is 0 Å². The van der Waals surface area contributed by atoms with Gasteiger partial charge >= 0.3 is 6.18 Å². The average molecular weight is 567 g/mol. The normalized spacial score (nSPS) is 19.9. The Morgan fingerprint density at radius 1 is 1.00 bits per heavy atom. The molecular formula is C31H30F4N4O2. The largest absolute Gasteiger partial charge is 0.417 e. The predicted octanol–water partition coefficient (Wildman–Crippen LogP) is 6.28. The van der Waals surface area contributed by atoms with Crippen LogP contribution in [0, 0.1) is 5.82 Å². The first kappa shape index (κ1) is 27.2. The minimum atomic E-state index is -4.88. The Kier molecular flexibility index (Phi) is 6.95. The number of carbonyl (C=O) groups is 2. The van der Waals surface area contributed by atoms with E-state index in [4.69, 9.17) is 0 Å². The van der Waals surface area contributed by atoms with E-state index in [1.54, 1.807) is 24.5 Å². The van der Waals surface area contributed by atoms with E-state index in [1.807, 2.05) is 23.1 Å². The number of anilines is 1. The number of carbonyl (C=O) groups excluding carboxylic acids is 2. The number of hydrogen-bond donors (Lipinski definition) is 1. The number of amides is 2. The van der Waals surface area contributed by atoms with E-state index in [9.17, 15) is 27.2 Å². The van der Waals surface area contributed by atoms with Crippen molar-refractivity contribution in [3.63, 3.8) is 0 Å². The number of nitrogens with zero attached hydrogens (tertiary/aromatic N) is 3. The molecule has 2 aliphatic carbocycles. The smallest absolute Gasteiger partial charge is 0.351 e. The number of pyridine rings is 1. The van der Waals surface area contributed by atoms with Gasteiger partial charge in [-0.3, -0.25) is 14.6 Å². The van der Waals surface area contributed by atoms with E-state index in [2.05, 4.69) is 15.2 Å². The summed E-state index contributed by atoms with van der Waals surface area (Å²) in [4.78, 5) is 35.3. The Hall–Kier alpha value is -3.95. The van der Waals surface area contributed by atoms with Crippen LogP contribution in [-0.2, 0) is 12.6 Å². The zero-order valence-corrected chi connectivity index (χ0v) is 22.4. The summed E-state index contributed by atoms with van der Waals surface area (Å²) in [6, 6.07) is 11.1. The molecule has 2 heterocycles. The van der Waals surface area contributed by atoms with Crippen LogP contribution < -0.4 is 10.2 Å². The molecule has 2 fully saturated rings. The third-order valence-corrected chi connectivity index (χ3v) is 8.75. The van der Waals surface area contributed by atoms with Gasteiger partial charge in [0.25, 0.3) is 11.8 Å². The van der Waals surface area contributed by atoms with Crippen molar-refractivity contribution < 1.29 is 27.2 Å². The third kappa shape index (κ3) is 5.04. The Balaban J connectivity index is 1.27. The summed E-state index contributed by atoms with van der Waals surface area (Å²) in [5.74, 6) is -2.47. The van der Waals surface area contributed by atoms with Gasteiger partial charge in [-0.2, -0.15) is 13.2 Å². The van der Waals surface area contributed by atoms with Crippen LogP contribution in [0.2, 0.25) is 0 Å². The van der Waals surface area contributed by atoms with E-state index in [0.29, 0.717) is 36.7 Å². The molecule has 1 N–H and O–H groups in total. The molecule has 1 aromatic heterocycles. The molecule has 3 aliphatic rings. The van der Waals surface area contributed by atoms with Crippen molar-refractivity contribution in [3.05, 3.63) is 94.6 Å². The van der Waals surface area contributed by atoms with Crippen LogP contribution in [0.3, 0.4) is 0 Å². The topological polar surface area (TPSA) is 65.5 Å². The molecule has 1 spiro atoms. The van der Waals surface area contributed by atoms with Gasteiger partial charge in [-0.25, -0.2) is 4.39 Å². The monoisotopic (exact) mass is 566 g/mol. The summed E-state index contributed by atoms with van der Waals surface area (Å²) in [7, 11) is 0. The first-order chi connectivity index (χ1) is 19.7. The fraction of sp³-hybridized carbons (Fsp3) is 0.387. The van der Waals surface area contributed by atoms with E-state index in [-0.39, 0.29) is 11.4 Å². The molecule has 214 valence electrons. The lowest BCUT2D eigenvalue weighted by Crippen LogP contribution is -2.50. The SMILES string of the molecule is O=C(NC1CCc2ccc(C(=O)N3CN(c4ccncc4)CC34CCCCC4)cc21)c1c(F)cccc1C(F)(F)F. The van der Waals surface area contributed by atoms with Gasteiger partial charge in [0, 0.05) is 30.2 Å². The minimum absolute atomic E-state index is 0.114. The van der Waals surface area contributed by atoms with E-state index in [0.717, 1.165) is 62.0 Å². The lowest BCUT2D eigenvalue weighted by molar-refractivity contribution is -0.138. The second-order valence-electron chi connectivity index (χ2n) is 11.2. The van der Waals surface area contributed by atoms with Crippen LogP contribution in [0.15, 0.2) is 60.9 Å². The van der Waals surface area contributed by atoms with Crippen molar-refractivity contribution in [2.45, 2.75) is 62.7 Å². The molecule has 1 saturated carbocycles. The van der Waals surface area contributed by atoms with Crippen molar-refractivity contribution in [2.24, 2.45) is 0 Å². The third-order valence-electron chi connectivity index (χ3n) is 8.75. The highest BCUT2D eigenvalue weighted by molar-refractivity contribution is 5.97. The number of aromatic nitrogens is 1. The van der Waals surface area contributed by atoms with Gasteiger partial charge in [0.05, 0.1) is 29.4 Å². The van der Waals surface area contributed by atoms with Crippen LogP contribution in [0.5, 0.6) is 0 Å². The van der Waals surface area contributed by atoms with Crippen molar-refractivity contribution in [2.75, 3.05) is 18.1 Å². The summed E-state index contributed by atoms with van der Waals surface area (Å²) in [5.41, 5.74) is 0.428. The van der Waals surface area contributed by atoms with Gasteiger partial charge in [-0.15, -0.1) is 0 Å². The molecule has 1 atom stereocenters. The highest BCUT2D eigenvalue weighted by Gasteiger charge is 2.48. The standard InChI is InChI=1S/C31H30F4N4O2/c32-25-6-4-5-24(31(33,34)35)27(25)28(40)37-26-10-9-20-7-8-21(17-23(20)26)29(41)39-19-38(22-11-15-36-16-12-22)18-30(39)13-2-1-3-14-30/h4-8,11-12,15-17,26H,1-3,9-10,13-14,18-19H2,(H,37,40). The number of benzene rings is 2. The van der Waals surface area contributed by atoms with Crippen LogP contribution >= 0.6 is 0 Å². The minimum Gasteiger partial charge on any atom is -0.351 e. The maximum absolute atomic E-state index is 14.5. The Bertz CT molecular complexity index is 1470. The zero-order valence-electron chi connectivity index (χ0n) is 22.4. The highest BCUT2D eigenvalue weighted by Crippen LogP contribution is 2.42. The molecule has 1 unspecified atom stereocenters. The van der Waals surface area contributed by atoms with Gasteiger partial charge in [0.2, 0.25) is 0 Å². The van der Waals surface area contributed by atoms with Crippen molar-refractivity contribution >= 4 is 17.5 Å². The number of nitrogens with one attached hydrogen (secondary N) is 1. The van der Waals surface area contributed by atoms with Crippen LogP contribution in [-0.4, -0.2) is 40.5 Å². The van der Waals surface area contributed by atoms with E-state index < -0.39 is 35.1 Å². The van der Waals surface area contributed by atoms with Crippen molar-refractivity contribution in [1.29, 1.82) is 0 Å². The van der Waals surface area contributed by atoms with Gasteiger partial charge in [0.1, 0.15) is 5.82 Å². The number of halogens is 4. The lowest BCUT2D eigenvalue weighted by atomic mass is 9.80. The number of aryl methyl sites for hydroxylation is 1. The molecule has 10 heteroatoms. The second-order valence-corrected chi connectivity index (χ2v) is 11.2. The Morgan fingerprint density at radius 2 is 1.76 bits per heavy atom. The summed E-state index contributed by atoms with van der Waals surface area (Å²) in [6.07, 6.45) is 4.67. The fourth-order valence-electron chi connectivity index (χ4n) is 6.72. The maximum Gasteiger partial charge on any atom is 0.417 e. The van der Waals surface area contributed by atoms with Crippen molar-refractivity contribution in [3.8, 4) is 0 Å². The Morgan fingerprint density at radius 3 is 2.49 bits per heavy atom. The maximum atomic E-state index is 14.5. The molecule has 1 saturated heterocycles. The van der Waals surface area contributed by atoms with Gasteiger partial charge in [-0.05, 0) is 73.2 Å². The molecule has 6 nitrogen and oxygen atoms in total. The molecule has 0 radical (unpaired) electrons. The van der Waals surface area contributed by atoms with E-state index in [1.165, 1.54) is 0 Å². The molecule has 3 aromatic rings. The molecule has 2 amide bonds. The van der Waals surface area contributed by atoms with Gasteiger partial charge in [-0.1, -0.05) is 31.4 Å². The summed E-state index contributed by atoms with van der Waals surface area (Å²) in [6.45, 7) is 1.17. The Labute approximate surface area is 235 Å². The predicted molar refractivity (Wildman–Crippen MR) is 145 cm³/mol. The lowest BCUT2D eigenvalue weighted by Gasteiger charge is -2.40. The summed E-state index contributed by atoms with van der Waals surface area (Å²) >= 11 is 0. The molecular weight excluding hydrogens is 536 g/mol. The highest BCUT2D eigenvalue weighted by atomic mass is 19.4. The van der Waals surface area contributed by atoms with Gasteiger partial charge < -0.3 is 15.1 Å². The van der Waals surface area contributed by atoms with Crippen molar-refractivity contribution in [1.82, 2.24) is 15.2 Å². The number of hydrogen-bond acceptors (Lipinski definition) is 4. The van der Waals surface area contributed by atoms with Gasteiger partial charge in [0.15, 0.2) is 0 Å². The summed E-state index contributed by atoms with van der Waals surface area (Å²) < 4.78 is 55.0. The average Bonchev–Trinajstić information content (AvgIpc) is 3.53. The second kappa shape index (κ2) is 10.5. The molecule has 41 heavy (non-hydrogen) atoms. The van der Waals surface area contributed by atoms with Crippen LogP contribution in [0.1, 0.15) is 82.0 Å². The number of rotatable bonds is 4. The molecule has 2 aromatic carbocycles. The zero-order chi connectivity index (χ0) is 28.8. The quantitative estimate of drug-likeness (QED) is 0.378. The first-order valence-electron chi connectivity index (χ1n) is 13.9. The summed E-state index contributed by atoms with van der Waals surface area (Å²) in [5, 5.41) is 2.61. The molecule has 6 rings (SSSR count).